The van der Waals surface area contributed by atoms with E-state index in [2.05, 4.69) is 5.10 Å². The van der Waals surface area contributed by atoms with Crippen molar-refractivity contribution < 1.29 is 4.79 Å². The van der Waals surface area contributed by atoms with Crippen LogP contribution in [0.1, 0.15) is 13.8 Å². The summed E-state index contributed by atoms with van der Waals surface area (Å²) in [6.07, 6.45) is 1.24. The van der Waals surface area contributed by atoms with Crippen molar-refractivity contribution in [1.29, 1.82) is 0 Å². The van der Waals surface area contributed by atoms with Crippen LogP contribution in [0.4, 0.5) is 0 Å². The Kier molecular flexibility index (Phi) is 4.54. The Bertz CT molecular complexity index is 485. The average Bonchev–Trinajstić information content (AvgIpc) is 2.28. The number of aromatic nitrogens is 2. The van der Waals surface area contributed by atoms with Crippen molar-refractivity contribution in [1.82, 2.24) is 14.7 Å². The monoisotopic (exact) mass is 277 g/mol. The molecule has 0 fully saturated rings. The van der Waals surface area contributed by atoms with Crippen molar-refractivity contribution in [2.24, 2.45) is 0 Å². The van der Waals surface area contributed by atoms with Gasteiger partial charge in [0.1, 0.15) is 11.6 Å². The van der Waals surface area contributed by atoms with E-state index in [4.69, 9.17) is 23.2 Å². The van der Waals surface area contributed by atoms with Gasteiger partial charge in [0.25, 0.3) is 5.56 Å². The number of rotatable bonds is 3. The Morgan fingerprint density at radius 3 is 2.65 bits per heavy atom. The number of nitrogens with zero attached hydrogens (tertiary/aromatic N) is 3. The molecule has 0 bridgehead atoms. The Balaban J connectivity index is 2.94. The van der Waals surface area contributed by atoms with E-state index in [1.165, 1.54) is 11.1 Å². The molecule has 1 rings (SSSR count). The molecule has 0 N–H and O–H groups in total. The summed E-state index contributed by atoms with van der Waals surface area (Å²) < 4.78 is 0.995. The fraction of sp³-hybridized carbons (Fsp3) is 0.500. The zero-order valence-corrected chi connectivity index (χ0v) is 11.3. The second-order valence-corrected chi connectivity index (χ2v) is 4.65. The van der Waals surface area contributed by atoms with E-state index < -0.39 is 5.56 Å². The van der Waals surface area contributed by atoms with Crippen molar-refractivity contribution in [3.05, 3.63) is 26.6 Å². The molecule has 0 atom stereocenters. The lowest BCUT2D eigenvalue weighted by Crippen LogP contribution is -2.38. The topological polar surface area (TPSA) is 55.2 Å². The van der Waals surface area contributed by atoms with Gasteiger partial charge in [0, 0.05) is 13.1 Å². The van der Waals surface area contributed by atoms with Gasteiger partial charge in [-0.2, -0.15) is 5.10 Å². The van der Waals surface area contributed by atoms with E-state index >= 15 is 0 Å². The number of halogens is 2. The second kappa shape index (κ2) is 5.51. The van der Waals surface area contributed by atoms with Gasteiger partial charge in [-0.05, 0) is 13.8 Å². The Morgan fingerprint density at radius 2 is 2.12 bits per heavy atom. The number of carbonyl (C=O) groups excluding carboxylic acids is 1. The number of likely N-dealkylation sites (N-methyl/N-ethyl adjacent to an activating group) is 1. The summed E-state index contributed by atoms with van der Waals surface area (Å²) >= 11 is 11.3. The van der Waals surface area contributed by atoms with Gasteiger partial charge in [-0.1, -0.05) is 23.2 Å². The molecule has 0 radical (unpaired) electrons. The molecule has 0 unspecified atom stereocenters. The predicted molar refractivity (Wildman–Crippen MR) is 66.4 cm³/mol. The average molecular weight is 278 g/mol. The van der Waals surface area contributed by atoms with Gasteiger partial charge < -0.3 is 4.90 Å². The van der Waals surface area contributed by atoms with E-state index in [-0.39, 0.29) is 28.5 Å². The summed E-state index contributed by atoms with van der Waals surface area (Å²) in [6, 6.07) is 0.0565. The van der Waals surface area contributed by atoms with Crippen molar-refractivity contribution in [2.45, 2.75) is 26.4 Å². The highest BCUT2D eigenvalue weighted by molar-refractivity contribution is 6.41. The van der Waals surface area contributed by atoms with E-state index in [0.29, 0.717) is 0 Å². The lowest BCUT2D eigenvalue weighted by molar-refractivity contribution is -0.132. The zero-order valence-electron chi connectivity index (χ0n) is 9.78. The van der Waals surface area contributed by atoms with Gasteiger partial charge in [0.15, 0.2) is 0 Å². The smallest absolute Gasteiger partial charge is 0.287 e. The van der Waals surface area contributed by atoms with Gasteiger partial charge >= 0.3 is 0 Å². The molecule has 0 aliphatic carbocycles. The summed E-state index contributed by atoms with van der Waals surface area (Å²) in [5.74, 6) is -0.215. The van der Waals surface area contributed by atoms with E-state index in [0.717, 1.165) is 4.68 Å². The molecule has 0 aliphatic heterocycles. The number of amides is 1. The predicted octanol–water partition coefficient (Wildman–Crippen LogP) is 1.42. The molecule has 0 saturated carbocycles. The Morgan fingerprint density at radius 1 is 1.53 bits per heavy atom. The quantitative estimate of drug-likeness (QED) is 0.840. The molecule has 1 heterocycles. The molecule has 1 amide bonds. The normalized spacial score (nSPS) is 10.7. The summed E-state index contributed by atoms with van der Waals surface area (Å²) in [7, 11) is 1.66. The molecule has 0 aromatic carbocycles. The number of hydrogen-bond donors (Lipinski definition) is 0. The van der Waals surface area contributed by atoms with Crippen LogP contribution in [-0.4, -0.2) is 33.7 Å². The molecule has 94 valence electrons. The van der Waals surface area contributed by atoms with Crippen LogP contribution in [0.25, 0.3) is 0 Å². The molecule has 7 heteroatoms. The molecular weight excluding hydrogens is 265 g/mol. The fourth-order valence-corrected chi connectivity index (χ4v) is 1.36. The highest BCUT2D eigenvalue weighted by Gasteiger charge is 2.15. The minimum Gasteiger partial charge on any atom is -0.342 e. The summed E-state index contributed by atoms with van der Waals surface area (Å²) in [6.45, 7) is 3.61. The van der Waals surface area contributed by atoms with Gasteiger partial charge in [0.05, 0.1) is 11.2 Å². The van der Waals surface area contributed by atoms with Crippen LogP contribution in [0.3, 0.4) is 0 Å². The first-order valence-corrected chi connectivity index (χ1v) is 5.77. The maximum Gasteiger partial charge on any atom is 0.287 e. The molecular formula is C10H13Cl2N3O2. The summed E-state index contributed by atoms with van der Waals surface area (Å²) in [4.78, 5) is 24.9. The SMILES string of the molecule is CC(C)N(C)C(=O)Cn1ncc(Cl)c(Cl)c1=O. The highest BCUT2D eigenvalue weighted by Crippen LogP contribution is 2.14. The second-order valence-electron chi connectivity index (χ2n) is 3.87. The van der Waals surface area contributed by atoms with Crippen LogP contribution in [0.5, 0.6) is 0 Å². The first-order valence-electron chi connectivity index (χ1n) is 5.01. The maximum atomic E-state index is 11.8. The third kappa shape index (κ3) is 3.20. The lowest BCUT2D eigenvalue weighted by atomic mass is 10.3. The fourth-order valence-electron chi connectivity index (χ4n) is 1.09. The zero-order chi connectivity index (χ0) is 13.2. The first-order chi connectivity index (χ1) is 7.84. The minimum atomic E-state index is -0.565. The molecule has 5 nitrogen and oxygen atoms in total. The van der Waals surface area contributed by atoms with Crippen LogP contribution >= 0.6 is 23.2 Å². The van der Waals surface area contributed by atoms with Crippen LogP contribution in [-0.2, 0) is 11.3 Å². The van der Waals surface area contributed by atoms with E-state index in [1.54, 1.807) is 7.05 Å². The van der Waals surface area contributed by atoms with Gasteiger partial charge in [-0.25, -0.2) is 4.68 Å². The molecule has 1 aromatic rings. The standard InChI is InChI=1S/C10H13Cl2N3O2/c1-6(2)14(3)8(16)5-15-10(17)9(12)7(11)4-13-15/h4,6H,5H2,1-3H3. The third-order valence-electron chi connectivity index (χ3n) is 2.40. The van der Waals surface area contributed by atoms with Crippen LogP contribution in [0.15, 0.2) is 11.0 Å². The van der Waals surface area contributed by atoms with Crippen molar-refractivity contribution in [3.63, 3.8) is 0 Å². The van der Waals surface area contributed by atoms with Crippen LogP contribution in [0.2, 0.25) is 10.0 Å². The molecule has 0 saturated heterocycles. The van der Waals surface area contributed by atoms with Gasteiger partial charge in [-0.3, -0.25) is 9.59 Å². The van der Waals surface area contributed by atoms with Crippen molar-refractivity contribution >= 4 is 29.1 Å². The molecule has 0 spiro atoms. The highest BCUT2D eigenvalue weighted by atomic mass is 35.5. The third-order valence-corrected chi connectivity index (χ3v) is 3.14. The van der Waals surface area contributed by atoms with E-state index in [1.807, 2.05) is 13.8 Å². The number of carbonyl (C=O) groups is 1. The lowest BCUT2D eigenvalue weighted by Gasteiger charge is -2.21. The maximum absolute atomic E-state index is 11.8. The minimum absolute atomic E-state index is 0.0565. The van der Waals surface area contributed by atoms with Crippen molar-refractivity contribution in [3.8, 4) is 0 Å². The molecule has 17 heavy (non-hydrogen) atoms. The first kappa shape index (κ1) is 14.0. The summed E-state index contributed by atoms with van der Waals surface area (Å²) in [5, 5.41) is 3.72. The molecule has 0 aliphatic rings. The largest absolute Gasteiger partial charge is 0.342 e. The molecule has 1 aromatic heterocycles. The van der Waals surface area contributed by atoms with Crippen LogP contribution in [0, 0.1) is 0 Å². The number of hydrogen-bond acceptors (Lipinski definition) is 3. The van der Waals surface area contributed by atoms with Gasteiger partial charge in [0.2, 0.25) is 5.91 Å². The Labute approximate surface area is 109 Å². The van der Waals surface area contributed by atoms with Gasteiger partial charge in [-0.15, -0.1) is 0 Å². The summed E-state index contributed by atoms with van der Waals surface area (Å²) in [5.41, 5.74) is -0.565. The van der Waals surface area contributed by atoms with Crippen molar-refractivity contribution in [2.75, 3.05) is 7.05 Å². The van der Waals surface area contributed by atoms with Crippen LogP contribution < -0.4 is 5.56 Å². The van der Waals surface area contributed by atoms with E-state index in [9.17, 15) is 9.59 Å². The Hall–Kier alpha value is -1.07.